The second-order valence-corrected chi connectivity index (χ2v) is 7.17. The minimum Gasteiger partial charge on any atom is -0.474 e. The molecule has 1 fully saturated rings. The Morgan fingerprint density at radius 1 is 1.22 bits per heavy atom. The van der Waals surface area contributed by atoms with Crippen LogP contribution in [0.4, 0.5) is 23.7 Å². The molecule has 0 bridgehead atoms. The van der Waals surface area contributed by atoms with Crippen molar-refractivity contribution in [3.63, 3.8) is 0 Å². The fourth-order valence-corrected chi connectivity index (χ4v) is 3.27. The van der Waals surface area contributed by atoms with Gasteiger partial charge in [0.1, 0.15) is 19.4 Å². The van der Waals surface area contributed by atoms with E-state index in [0.29, 0.717) is 0 Å². The number of rotatable bonds is 6. The Hall–Kier alpha value is -3.41. The third kappa shape index (κ3) is 5.63. The van der Waals surface area contributed by atoms with E-state index >= 15 is 0 Å². The molecular weight excluding hydrogens is 435 g/mol. The van der Waals surface area contributed by atoms with E-state index < -0.39 is 28.4 Å². The number of carbonyl (C=O) groups excluding carboxylic acids is 1. The Bertz CT molecular complexity index is 960. The van der Waals surface area contributed by atoms with Gasteiger partial charge in [0.05, 0.1) is 16.1 Å². The number of aromatic nitrogens is 1. The highest BCUT2D eigenvalue weighted by molar-refractivity contribution is 5.67. The van der Waals surface area contributed by atoms with Gasteiger partial charge < -0.3 is 19.5 Å². The van der Waals surface area contributed by atoms with E-state index in [9.17, 15) is 33.2 Å². The molecule has 1 aromatic carbocycles. The van der Waals surface area contributed by atoms with E-state index in [-0.39, 0.29) is 56.3 Å². The maximum Gasteiger partial charge on any atom is 0.416 e. The molecule has 1 aliphatic rings. The number of hydrogen-bond donors (Lipinski definition) is 1. The van der Waals surface area contributed by atoms with Gasteiger partial charge >= 0.3 is 12.3 Å². The van der Waals surface area contributed by atoms with Gasteiger partial charge in [0.2, 0.25) is 5.88 Å². The van der Waals surface area contributed by atoms with Crippen molar-refractivity contribution >= 4 is 11.8 Å². The van der Waals surface area contributed by atoms with Crippen molar-refractivity contribution < 1.29 is 37.5 Å². The molecule has 2 aromatic rings. The van der Waals surface area contributed by atoms with Crippen LogP contribution >= 0.6 is 0 Å². The van der Waals surface area contributed by atoms with E-state index in [2.05, 4.69) is 4.98 Å². The maximum absolute atomic E-state index is 12.9. The van der Waals surface area contributed by atoms with Crippen LogP contribution in [0.5, 0.6) is 5.88 Å². The second-order valence-electron chi connectivity index (χ2n) is 7.17. The molecule has 12 heteroatoms. The van der Waals surface area contributed by atoms with Crippen molar-refractivity contribution in [1.29, 1.82) is 0 Å². The van der Waals surface area contributed by atoms with Crippen molar-refractivity contribution in [2.75, 3.05) is 26.3 Å². The zero-order valence-corrected chi connectivity index (χ0v) is 16.7. The average molecular weight is 455 g/mol. The van der Waals surface area contributed by atoms with Crippen LogP contribution in [0.3, 0.4) is 0 Å². The smallest absolute Gasteiger partial charge is 0.416 e. The van der Waals surface area contributed by atoms with E-state index in [1.54, 1.807) is 0 Å². The Morgan fingerprint density at radius 3 is 2.53 bits per heavy atom. The van der Waals surface area contributed by atoms with Gasteiger partial charge in [-0.05, 0) is 30.5 Å². The Balaban J connectivity index is 1.45. The highest BCUT2D eigenvalue weighted by Crippen LogP contribution is 2.36. The molecule has 1 saturated heterocycles. The third-order valence-corrected chi connectivity index (χ3v) is 5.07. The van der Waals surface area contributed by atoms with Gasteiger partial charge in [0.15, 0.2) is 0 Å². The summed E-state index contributed by atoms with van der Waals surface area (Å²) in [7, 11) is 0. The normalized spacial score (nSPS) is 15.8. The number of benzene rings is 1. The number of likely N-dealkylation sites (tertiary alicyclic amines) is 1. The lowest BCUT2D eigenvalue weighted by Gasteiger charge is -2.38. The molecular formula is C20H20F3N3O6. The van der Waals surface area contributed by atoms with Crippen molar-refractivity contribution in [3.8, 4) is 5.88 Å². The van der Waals surface area contributed by atoms with Gasteiger partial charge in [-0.15, -0.1) is 0 Å². The number of nitrogens with zero attached hydrogens (tertiary/aromatic N) is 3. The monoisotopic (exact) mass is 455 g/mol. The summed E-state index contributed by atoms with van der Waals surface area (Å²) in [5.74, 6) is 0.135. The van der Waals surface area contributed by atoms with Crippen LogP contribution in [0.25, 0.3) is 0 Å². The first-order valence-corrected chi connectivity index (χ1v) is 9.63. The van der Waals surface area contributed by atoms with Crippen LogP contribution < -0.4 is 4.74 Å². The number of amides is 1. The SMILES string of the molecule is O=C(OCCOc1ccc([N+](=O)[O-])cn1)N1CCC(O)(c2cccc(C(F)(F)F)c2)CC1. The van der Waals surface area contributed by atoms with Gasteiger partial charge in [-0.25, -0.2) is 9.78 Å². The predicted octanol–water partition coefficient (Wildman–Crippen LogP) is 3.51. The van der Waals surface area contributed by atoms with Crippen LogP contribution in [-0.4, -0.2) is 52.3 Å². The number of halogens is 3. The van der Waals surface area contributed by atoms with E-state index in [0.717, 1.165) is 18.3 Å². The Labute approximate surface area is 180 Å². The topological polar surface area (TPSA) is 115 Å². The van der Waals surface area contributed by atoms with Crippen molar-refractivity contribution in [2.45, 2.75) is 24.6 Å². The van der Waals surface area contributed by atoms with Crippen LogP contribution in [-0.2, 0) is 16.5 Å². The first-order chi connectivity index (χ1) is 15.1. The first-order valence-electron chi connectivity index (χ1n) is 9.63. The van der Waals surface area contributed by atoms with Crippen LogP contribution in [0, 0.1) is 10.1 Å². The number of hydrogen-bond acceptors (Lipinski definition) is 7. The largest absolute Gasteiger partial charge is 0.474 e. The second kappa shape index (κ2) is 9.39. The number of aliphatic hydroxyl groups is 1. The van der Waals surface area contributed by atoms with Crippen LogP contribution in [0.2, 0.25) is 0 Å². The summed E-state index contributed by atoms with van der Waals surface area (Å²) < 4.78 is 49.2. The standard InChI is InChI=1S/C20H20F3N3O6/c21-20(22,23)15-3-1-2-14(12-15)19(28)6-8-25(9-7-19)18(27)32-11-10-31-17-5-4-16(13-24-17)26(29)30/h1-5,12-13,28H,6-11H2. The highest BCUT2D eigenvalue weighted by Gasteiger charge is 2.38. The molecule has 172 valence electrons. The number of ether oxygens (including phenoxy) is 2. The van der Waals surface area contributed by atoms with E-state index in [1.165, 1.54) is 29.2 Å². The number of pyridine rings is 1. The summed E-state index contributed by atoms with van der Waals surface area (Å²) in [4.78, 5) is 27.3. The molecule has 2 heterocycles. The fourth-order valence-electron chi connectivity index (χ4n) is 3.27. The molecule has 1 aromatic heterocycles. The van der Waals surface area contributed by atoms with Gasteiger partial charge in [-0.3, -0.25) is 10.1 Å². The molecule has 0 radical (unpaired) electrons. The number of alkyl halides is 3. The zero-order chi connectivity index (χ0) is 23.4. The van der Waals surface area contributed by atoms with Crippen LogP contribution in [0.1, 0.15) is 24.0 Å². The Morgan fingerprint density at radius 2 is 1.94 bits per heavy atom. The summed E-state index contributed by atoms with van der Waals surface area (Å²) >= 11 is 0. The molecule has 0 aliphatic carbocycles. The van der Waals surface area contributed by atoms with Crippen molar-refractivity contribution in [2.24, 2.45) is 0 Å². The summed E-state index contributed by atoms with van der Waals surface area (Å²) in [6.07, 6.45) is -3.99. The minimum atomic E-state index is -4.51. The summed E-state index contributed by atoms with van der Waals surface area (Å²) in [5.41, 5.74) is -2.33. The minimum absolute atomic E-state index is 0.0292. The van der Waals surface area contributed by atoms with E-state index in [4.69, 9.17) is 9.47 Å². The molecule has 9 nitrogen and oxygen atoms in total. The van der Waals surface area contributed by atoms with Gasteiger partial charge in [0, 0.05) is 25.2 Å². The molecule has 3 rings (SSSR count). The average Bonchev–Trinajstić information content (AvgIpc) is 2.77. The summed E-state index contributed by atoms with van der Waals surface area (Å²) in [5, 5.41) is 21.4. The van der Waals surface area contributed by atoms with Crippen molar-refractivity contribution in [3.05, 3.63) is 63.8 Å². The van der Waals surface area contributed by atoms with Gasteiger partial charge in [-0.2, -0.15) is 13.2 Å². The molecule has 1 amide bonds. The van der Waals surface area contributed by atoms with Crippen molar-refractivity contribution in [1.82, 2.24) is 9.88 Å². The lowest BCUT2D eigenvalue weighted by atomic mass is 9.84. The first kappa shape index (κ1) is 23.3. The molecule has 0 spiro atoms. The molecule has 32 heavy (non-hydrogen) atoms. The predicted molar refractivity (Wildman–Crippen MR) is 104 cm³/mol. The summed E-state index contributed by atoms with van der Waals surface area (Å²) in [6, 6.07) is 7.10. The molecule has 1 N–H and O–H groups in total. The Kier molecular flexibility index (Phi) is 6.82. The van der Waals surface area contributed by atoms with Crippen LogP contribution in [0.15, 0.2) is 42.6 Å². The maximum atomic E-state index is 12.9. The quantitative estimate of drug-likeness (QED) is 0.403. The lowest BCUT2D eigenvalue weighted by Crippen LogP contribution is -2.45. The third-order valence-electron chi connectivity index (χ3n) is 5.07. The van der Waals surface area contributed by atoms with Gasteiger partial charge in [-0.1, -0.05) is 12.1 Å². The summed E-state index contributed by atoms with van der Waals surface area (Å²) in [6.45, 7) is 0.0805. The molecule has 0 unspecified atom stereocenters. The van der Waals surface area contributed by atoms with E-state index in [1.807, 2.05) is 0 Å². The highest BCUT2D eigenvalue weighted by atomic mass is 19.4. The van der Waals surface area contributed by atoms with Gasteiger partial charge in [0.25, 0.3) is 5.69 Å². The number of nitro groups is 1. The lowest BCUT2D eigenvalue weighted by molar-refractivity contribution is -0.385. The fraction of sp³-hybridized carbons (Fsp3) is 0.400. The zero-order valence-electron chi connectivity index (χ0n) is 16.7. The molecule has 0 atom stereocenters. The molecule has 0 saturated carbocycles. The number of piperidine rings is 1. The molecule has 1 aliphatic heterocycles. The number of carbonyl (C=O) groups is 1.